The molecule has 0 bridgehead atoms. The molecule has 207 valence electrons. The Labute approximate surface area is 245 Å². The molecule has 0 aliphatic carbocycles. The second-order valence-electron chi connectivity index (χ2n) is 10.8. The second-order valence-corrected chi connectivity index (χ2v) is 10.8. The Morgan fingerprint density at radius 3 is 1.25 bits per heavy atom. The number of benzene rings is 2. The minimum absolute atomic E-state index is 0. The summed E-state index contributed by atoms with van der Waals surface area (Å²) in [5.74, 6) is 2.12. The molecule has 0 aliphatic rings. The summed E-state index contributed by atoms with van der Waals surface area (Å²) in [5, 5.41) is 7.55. The van der Waals surface area contributed by atoms with E-state index in [0.29, 0.717) is 23.7 Å². The van der Waals surface area contributed by atoms with Gasteiger partial charge in [-0.3, -0.25) is 0 Å². The minimum atomic E-state index is 0. The van der Waals surface area contributed by atoms with Gasteiger partial charge in [-0.15, -0.1) is 0 Å². The van der Waals surface area contributed by atoms with Gasteiger partial charge in [0.1, 0.15) is 0 Å². The van der Waals surface area contributed by atoms with Crippen molar-refractivity contribution in [2.45, 2.75) is 85.5 Å². The topological polar surface area (TPSA) is 27.3 Å². The van der Waals surface area contributed by atoms with Crippen LogP contribution in [0.3, 0.4) is 0 Å². The average molecular weight is 582 g/mol. The molecule has 6 heteroatoms. The standard InChI is InChI=1S/C30H49N3.2ClH.Co/c1-21(2)25-13-10-14-26(22(3)4)29(25)31-17-12-19-33(9)20-18-32-30-27(23(5)6)15-11-16-28(30)24(7)8;;;/h10-11,13-16,21-24,31-32H,12,17-20H2,1-9H3;2*1H;/q;;;+2/p-2. The molecule has 2 aromatic carbocycles. The fourth-order valence-corrected chi connectivity index (χ4v) is 4.56. The van der Waals surface area contributed by atoms with Crippen molar-refractivity contribution in [3.05, 3.63) is 58.7 Å². The van der Waals surface area contributed by atoms with Gasteiger partial charge < -0.3 is 40.3 Å². The molecule has 0 unspecified atom stereocenters. The number of nitrogens with one attached hydrogen (secondary N) is 2. The van der Waals surface area contributed by atoms with Gasteiger partial charge in [0.2, 0.25) is 0 Å². The number of halogens is 2. The van der Waals surface area contributed by atoms with Crippen LogP contribution < -0.4 is 35.4 Å². The number of para-hydroxylation sites is 2. The van der Waals surface area contributed by atoms with Crippen LogP contribution in [0.1, 0.15) is 108 Å². The van der Waals surface area contributed by atoms with Crippen molar-refractivity contribution < 1.29 is 41.6 Å². The largest absolute Gasteiger partial charge is 2.00 e. The van der Waals surface area contributed by atoms with E-state index in [4.69, 9.17) is 0 Å². The number of likely N-dealkylation sites (N-methyl/N-ethyl adjacent to an activating group) is 1. The molecule has 0 heterocycles. The van der Waals surface area contributed by atoms with Gasteiger partial charge in [0, 0.05) is 31.0 Å². The quantitative estimate of drug-likeness (QED) is 0.355. The Kier molecular flexibility index (Phi) is 19.0. The maximum absolute atomic E-state index is 3.78. The van der Waals surface area contributed by atoms with E-state index in [2.05, 4.69) is 114 Å². The van der Waals surface area contributed by atoms with Gasteiger partial charge in [-0.25, -0.2) is 0 Å². The molecular weight excluding hydrogens is 532 g/mol. The zero-order valence-electron chi connectivity index (χ0n) is 23.8. The van der Waals surface area contributed by atoms with Crippen molar-refractivity contribution in [3.63, 3.8) is 0 Å². The maximum atomic E-state index is 3.78. The molecule has 36 heavy (non-hydrogen) atoms. The first kappa shape index (κ1) is 37.2. The summed E-state index contributed by atoms with van der Waals surface area (Å²) in [4.78, 5) is 2.44. The summed E-state index contributed by atoms with van der Waals surface area (Å²) in [5.41, 5.74) is 8.44. The van der Waals surface area contributed by atoms with Crippen molar-refractivity contribution in [2.75, 3.05) is 43.9 Å². The number of nitrogens with zero attached hydrogens (tertiary/aromatic N) is 1. The molecule has 0 saturated heterocycles. The first-order valence-electron chi connectivity index (χ1n) is 13.0. The van der Waals surface area contributed by atoms with Crippen molar-refractivity contribution in [1.29, 1.82) is 0 Å². The summed E-state index contributed by atoms with van der Waals surface area (Å²) < 4.78 is 0. The first-order valence-corrected chi connectivity index (χ1v) is 13.0. The molecular formula is C30H49Cl2CoN3. The number of rotatable bonds is 13. The van der Waals surface area contributed by atoms with Crippen LogP contribution in [0, 0.1) is 0 Å². The molecule has 2 N–H and O–H groups in total. The third kappa shape index (κ3) is 10.8. The fourth-order valence-electron chi connectivity index (χ4n) is 4.56. The van der Waals surface area contributed by atoms with E-state index in [-0.39, 0.29) is 41.6 Å². The predicted molar refractivity (Wildman–Crippen MR) is 148 cm³/mol. The zero-order valence-corrected chi connectivity index (χ0v) is 26.4. The molecule has 0 atom stereocenters. The van der Waals surface area contributed by atoms with E-state index in [1.165, 1.54) is 33.6 Å². The maximum Gasteiger partial charge on any atom is 2.00 e. The van der Waals surface area contributed by atoms with E-state index in [0.717, 1.165) is 32.6 Å². The molecule has 2 rings (SSSR count). The van der Waals surface area contributed by atoms with Crippen molar-refractivity contribution >= 4 is 11.4 Å². The zero-order chi connectivity index (χ0) is 24.5. The van der Waals surface area contributed by atoms with Crippen molar-refractivity contribution in [3.8, 4) is 0 Å². The van der Waals surface area contributed by atoms with Crippen LogP contribution in [0.2, 0.25) is 0 Å². The van der Waals surface area contributed by atoms with E-state index < -0.39 is 0 Å². The Balaban J connectivity index is 0. The van der Waals surface area contributed by atoms with Crippen molar-refractivity contribution in [1.82, 2.24) is 4.90 Å². The Morgan fingerprint density at radius 2 is 0.917 bits per heavy atom. The summed E-state index contributed by atoms with van der Waals surface area (Å²) in [6.45, 7) is 22.4. The van der Waals surface area contributed by atoms with Gasteiger partial charge in [-0.1, -0.05) is 91.8 Å². The van der Waals surface area contributed by atoms with Gasteiger partial charge >= 0.3 is 16.8 Å². The Bertz CT molecular complexity index is 817. The van der Waals surface area contributed by atoms with Crippen molar-refractivity contribution in [2.24, 2.45) is 0 Å². The summed E-state index contributed by atoms with van der Waals surface area (Å²) in [7, 11) is 2.24. The third-order valence-corrected chi connectivity index (χ3v) is 6.56. The molecule has 0 saturated carbocycles. The average Bonchev–Trinajstić information content (AvgIpc) is 2.76. The van der Waals surface area contributed by atoms with E-state index >= 15 is 0 Å². The molecule has 0 aromatic heterocycles. The molecule has 0 fully saturated rings. The van der Waals surface area contributed by atoms with Gasteiger partial charge in [-0.2, -0.15) is 0 Å². The van der Waals surface area contributed by atoms with E-state index in [9.17, 15) is 0 Å². The number of hydrogen-bond donors (Lipinski definition) is 2. The summed E-state index contributed by atoms with van der Waals surface area (Å²) in [6, 6.07) is 13.5. The molecule has 2 aromatic rings. The van der Waals surface area contributed by atoms with Crippen LogP contribution in [0.25, 0.3) is 0 Å². The van der Waals surface area contributed by atoms with Crippen LogP contribution in [0.15, 0.2) is 36.4 Å². The van der Waals surface area contributed by atoms with Crippen LogP contribution in [0.5, 0.6) is 0 Å². The molecule has 3 nitrogen and oxygen atoms in total. The SMILES string of the molecule is CC(C)c1cccc(C(C)C)c1NCCCN(C)CCNc1c(C(C)C)cccc1C(C)C.[Cl-].[Cl-].[Co+2]. The third-order valence-electron chi connectivity index (χ3n) is 6.56. The molecule has 0 spiro atoms. The molecule has 1 radical (unpaired) electrons. The molecule has 0 amide bonds. The minimum Gasteiger partial charge on any atom is -1.00 e. The van der Waals surface area contributed by atoms with Crippen LogP contribution in [-0.2, 0) is 16.8 Å². The first-order chi connectivity index (χ1) is 15.6. The number of anilines is 2. The summed E-state index contributed by atoms with van der Waals surface area (Å²) >= 11 is 0. The van der Waals surface area contributed by atoms with Gasteiger partial charge in [0.15, 0.2) is 0 Å². The normalized spacial score (nSPS) is 10.9. The molecule has 0 aliphatic heterocycles. The van der Waals surface area contributed by atoms with E-state index in [1.807, 2.05) is 0 Å². The van der Waals surface area contributed by atoms with Crippen LogP contribution in [-0.4, -0.2) is 38.1 Å². The second kappa shape index (κ2) is 18.4. The Morgan fingerprint density at radius 1 is 0.583 bits per heavy atom. The van der Waals surface area contributed by atoms with Crippen LogP contribution in [0.4, 0.5) is 11.4 Å². The van der Waals surface area contributed by atoms with Gasteiger partial charge in [0.25, 0.3) is 0 Å². The van der Waals surface area contributed by atoms with Crippen LogP contribution >= 0.6 is 0 Å². The Hall–Kier alpha value is -0.914. The van der Waals surface area contributed by atoms with Gasteiger partial charge in [0.05, 0.1) is 0 Å². The summed E-state index contributed by atoms with van der Waals surface area (Å²) in [6.07, 6.45) is 1.14. The smallest absolute Gasteiger partial charge is 1.00 e. The van der Waals surface area contributed by atoms with E-state index in [1.54, 1.807) is 0 Å². The van der Waals surface area contributed by atoms with Gasteiger partial charge in [-0.05, 0) is 65.9 Å². The monoisotopic (exact) mass is 580 g/mol. The predicted octanol–water partition coefficient (Wildman–Crippen LogP) is 2.03. The number of hydrogen-bond acceptors (Lipinski definition) is 3. The fraction of sp³-hybridized carbons (Fsp3) is 0.600.